The highest BCUT2D eigenvalue weighted by Crippen LogP contribution is 2.19. The Balaban J connectivity index is 1.44. The van der Waals surface area contributed by atoms with E-state index in [0.29, 0.717) is 16.8 Å². The third-order valence-electron chi connectivity index (χ3n) is 4.89. The Morgan fingerprint density at radius 2 is 1.84 bits per heavy atom. The maximum atomic E-state index is 12.6. The van der Waals surface area contributed by atoms with Crippen molar-refractivity contribution in [2.75, 3.05) is 5.32 Å². The topological polar surface area (TPSA) is 85.8 Å². The van der Waals surface area contributed by atoms with Crippen LogP contribution in [0.5, 0.6) is 0 Å². The standard InChI is InChI=1S/C26H19N3O2/c27-16-19-6-3-5-18(13-19)14-26(31)29-22-8-4-7-20(15-22)25(30)12-11-21-17-28-24-10-2-1-9-23(21)24/h1-13,15,17,28H,14H2,(H,29,31)/b12-11+. The summed E-state index contributed by atoms with van der Waals surface area (Å²) in [5.41, 5.74) is 4.26. The number of rotatable bonds is 6. The molecule has 4 rings (SSSR count). The molecule has 0 unspecified atom stereocenters. The van der Waals surface area contributed by atoms with E-state index in [2.05, 4.69) is 16.4 Å². The summed E-state index contributed by atoms with van der Waals surface area (Å²) in [6.07, 6.45) is 5.33. The van der Waals surface area contributed by atoms with Crippen LogP contribution in [-0.2, 0) is 11.2 Å². The molecule has 3 aromatic carbocycles. The number of amides is 1. The number of hydrogen-bond acceptors (Lipinski definition) is 3. The van der Waals surface area contributed by atoms with Gasteiger partial charge in [-0.15, -0.1) is 0 Å². The number of ketones is 1. The zero-order valence-corrected chi connectivity index (χ0v) is 16.6. The fourth-order valence-corrected chi connectivity index (χ4v) is 3.39. The van der Waals surface area contributed by atoms with Gasteiger partial charge in [0, 0.05) is 28.4 Å². The number of carbonyl (C=O) groups excluding carboxylic acids is 2. The van der Waals surface area contributed by atoms with Gasteiger partial charge in [-0.1, -0.05) is 42.5 Å². The fraction of sp³-hybridized carbons (Fsp3) is 0.0385. The number of nitriles is 1. The highest BCUT2D eigenvalue weighted by atomic mass is 16.1. The molecule has 31 heavy (non-hydrogen) atoms. The lowest BCUT2D eigenvalue weighted by molar-refractivity contribution is -0.115. The molecule has 0 aliphatic rings. The van der Waals surface area contributed by atoms with Crippen LogP contribution in [0.15, 0.2) is 85.1 Å². The molecule has 150 valence electrons. The van der Waals surface area contributed by atoms with Gasteiger partial charge in [0.25, 0.3) is 0 Å². The zero-order valence-electron chi connectivity index (χ0n) is 16.6. The van der Waals surface area contributed by atoms with Crippen molar-refractivity contribution in [2.24, 2.45) is 0 Å². The maximum Gasteiger partial charge on any atom is 0.228 e. The molecule has 1 amide bonds. The Labute approximate surface area is 179 Å². The van der Waals surface area contributed by atoms with Crippen LogP contribution in [0.25, 0.3) is 17.0 Å². The summed E-state index contributed by atoms with van der Waals surface area (Å²) < 4.78 is 0. The highest BCUT2D eigenvalue weighted by molar-refractivity contribution is 6.08. The molecule has 0 saturated heterocycles. The van der Waals surface area contributed by atoms with Gasteiger partial charge < -0.3 is 10.3 Å². The van der Waals surface area contributed by atoms with Crippen molar-refractivity contribution in [1.82, 2.24) is 4.98 Å². The normalized spacial score (nSPS) is 10.8. The molecule has 0 spiro atoms. The largest absolute Gasteiger partial charge is 0.361 e. The molecule has 4 aromatic rings. The smallest absolute Gasteiger partial charge is 0.228 e. The van der Waals surface area contributed by atoms with E-state index in [0.717, 1.165) is 22.0 Å². The number of aromatic nitrogens is 1. The Bertz CT molecular complexity index is 1340. The van der Waals surface area contributed by atoms with Crippen molar-refractivity contribution in [1.29, 1.82) is 5.26 Å². The van der Waals surface area contributed by atoms with E-state index in [4.69, 9.17) is 5.26 Å². The molecule has 5 nitrogen and oxygen atoms in total. The van der Waals surface area contributed by atoms with Crippen LogP contribution in [0.2, 0.25) is 0 Å². The van der Waals surface area contributed by atoms with Crippen molar-refractivity contribution in [2.45, 2.75) is 6.42 Å². The van der Waals surface area contributed by atoms with E-state index in [-0.39, 0.29) is 18.1 Å². The van der Waals surface area contributed by atoms with Gasteiger partial charge in [-0.25, -0.2) is 0 Å². The second-order valence-corrected chi connectivity index (χ2v) is 7.11. The van der Waals surface area contributed by atoms with Crippen molar-refractivity contribution in [3.63, 3.8) is 0 Å². The van der Waals surface area contributed by atoms with Gasteiger partial charge in [-0.2, -0.15) is 5.26 Å². The SMILES string of the molecule is N#Cc1cccc(CC(=O)Nc2cccc(C(=O)/C=C/c3c[nH]c4ccccc34)c2)c1. The average Bonchev–Trinajstić information content (AvgIpc) is 3.21. The van der Waals surface area contributed by atoms with Crippen LogP contribution in [-0.4, -0.2) is 16.7 Å². The number of fused-ring (bicyclic) bond motifs is 1. The maximum absolute atomic E-state index is 12.6. The van der Waals surface area contributed by atoms with Gasteiger partial charge in [0.15, 0.2) is 5.78 Å². The van der Waals surface area contributed by atoms with Crippen LogP contribution in [0.3, 0.4) is 0 Å². The molecule has 0 aliphatic heterocycles. The summed E-state index contributed by atoms with van der Waals surface area (Å²) in [7, 11) is 0. The minimum Gasteiger partial charge on any atom is -0.361 e. The molecule has 0 bridgehead atoms. The van der Waals surface area contributed by atoms with Gasteiger partial charge in [-0.05, 0) is 53.6 Å². The number of hydrogen-bond donors (Lipinski definition) is 2. The van der Waals surface area contributed by atoms with Crippen LogP contribution < -0.4 is 5.32 Å². The average molecular weight is 405 g/mol. The van der Waals surface area contributed by atoms with Gasteiger partial charge in [0.05, 0.1) is 18.1 Å². The summed E-state index contributed by atoms with van der Waals surface area (Å²) in [6.45, 7) is 0. The van der Waals surface area contributed by atoms with Gasteiger partial charge in [0.1, 0.15) is 0 Å². The minimum absolute atomic E-state index is 0.147. The molecular formula is C26H19N3O2. The number of anilines is 1. The molecule has 1 heterocycles. The van der Waals surface area contributed by atoms with Crippen LogP contribution in [0, 0.1) is 11.3 Å². The van der Waals surface area contributed by atoms with Crippen LogP contribution in [0.1, 0.15) is 27.0 Å². The van der Waals surface area contributed by atoms with Crippen molar-refractivity contribution in [3.8, 4) is 6.07 Å². The molecule has 5 heteroatoms. The number of nitrogens with zero attached hydrogens (tertiary/aromatic N) is 1. The second-order valence-electron chi connectivity index (χ2n) is 7.11. The lowest BCUT2D eigenvalue weighted by atomic mass is 10.1. The third kappa shape index (κ3) is 4.77. The number of para-hydroxylation sites is 1. The summed E-state index contributed by atoms with van der Waals surface area (Å²) in [5, 5.41) is 12.8. The Kier molecular flexibility index (Phi) is 5.72. The van der Waals surface area contributed by atoms with E-state index < -0.39 is 0 Å². The van der Waals surface area contributed by atoms with E-state index in [1.165, 1.54) is 6.08 Å². The molecule has 0 radical (unpaired) electrons. The number of H-pyrrole nitrogens is 1. The summed E-state index contributed by atoms with van der Waals surface area (Å²) in [5.74, 6) is -0.364. The number of nitrogens with one attached hydrogen (secondary N) is 2. The van der Waals surface area contributed by atoms with Crippen LogP contribution in [0.4, 0.5) is 5.69 Å². The van der Waals surface area contributed by atoms with Crippen LogP contribution >= 0.6 is 0 Å². The van der Waals surface area contributed by atoms with Gasteiger partial charge in [-0.3, -0.25) is 9.59 Å². The van der Waals surface area contributed by atoms with E-state index in [1.54, 1.807) is 54.6 Å². The van der Waals surface area contributed by atoms with E-state index in [1.807, 2.05) is 30.5 Å². The van der Waals surface area contributed by atoms with Crippen molar-refractivity contribution < 1.29 is 9.59 Å². The Hall–Kier alpha value is -4.43. The molecule has 1 aromatic heterocycles. The molecule has 2 N–H and O–H groups in total. The number of benzene rings is 3. The fourth-order valence-electron chi connectivity index (χ4n) is 3.39. The third-order valence-corrected chi connectivity index (χ3v) is 4.89. The van der Waals surface area contributed by atoms with Crippen molar-refractivity contribution in [3.05, 3.63) is 107 Å². The molecule has 0 fully saturated rings. The first-order chi connectivity index (χ1) is 15.1. The van der Waals surface area contributed by atoms with Gasteiger partial charge >= 0.3 is 0 Å². The predicted molar refractivity (Wildman–Crippen MR) is 122 cm³/mol. The lowest BCUT2D eigenvalue weighted by Crippen LogP contribution is -2.14. The van der Waals surface area contributed by atoms with Crippen molar-refractivity contribution >= 4 is 34.4 Å². The minimum atomic E-state index is -0.214. The molecule has 0 saturated carbocycles. The number of allylic oxidation sites excluding steroid dienone is 1. The summed E-state index contributed by atoms with van der Waals surface area (Å²) in [4.78, 5) is 28.2. The number of carbonyl (C=O) groups is 2. The Morgan fingerprint density at radius 1 is 1.00 bits per heavy atom. The lowest BCUT2D eigenvalue weighted by Gasteiger charge is -2.07. The highest BCUT2D eigenvalue weighted by Gasteiger charge is 2.08. The predicted octanol–water partition coefficient (Wildman–Crippen LogP) is 5.12. The molecular weight excluding hydrogens is 386 g/mol. The molecule has 0 atom stereocenters. The zero-order chi connectivity index (χ0) is 21.6. The summed E-state index contributed by atoms with van der Waals surface area (Å²) in [6, 6.07) is 23.7. The quantitative estimate of drug-likeness (QED) is 0.345. The van der Waals surface area contributed by atoms with Gasteiger partial charge in [0.2, 0.25) is 5.91 Å². The van der Waals surface area contributed by atoms with E-state index >= 15 is 0 Å². The van der Waals surface area contributed by atoms with E-state index in [9.17, 15) is 9.59 Å². The Morgan fingerprint density at radius 3 is 2.71 bits per heavy atom. The number of aromatic amines is 1. The summed E-state index contributed by atoms with van der Waals surface area (Å²) >= 11 is 0. The first-order valence-electron chi connectivity index (χ1n) is 9.80. The molecule has 0 aliphatic carbocycles. The first kappa shape index (κ1) is 19.9. The first-order valence-corrected chi connectivity index (χ1v) is 9.80. The monoisotopic (exact) mass is 405 g/mol. The second kappa shape index (κ2) is 8.93.